The molecule has 6 heteroatoms. The van der Waals surface area contributed by atoms with Crippen LogP contribution < -0.4 is 0 Å². The molecule has 0 aliphatic rings. The Hall–Kier alpha value is -1.56. The summed E-state index contributed by atoms with van der Waals surface area (Å²) in [6.45, 7) is 0.00903. The smallest absolute Gasteiger partial charge is 0.272 e. The number of para-hydroxylation sites is 1. The van der Waals surface area contributed by atoms with Crippen LogP contribution >= 0.6 is 11.6 Å². The van der Waals surface area contributed by atoms with Crippen LogP contribution in [0.25, 0.3) is 10.9 Å². The number of hydrogen-bond donors (Lipinski definition) is 2. The van der Waals surface area contributed by atoms with E-state index in [-0.39, 0.29) is 32.2 Å². The van der Waals surface area contributed by atoms with E-state index in [1.807, 2.05) is 24.3 Å². The number of hydrogen-bond acceptors (Lipinski definition) is 3. The highest BCUT2D eigenvalue weighted by molar-refractivity contribution is 6.38. The van der Waals surface area contributed by atoms with Crippen molar-refractivity contribution in [3.63, 3.8) is 0 Å². The molecular weight excluding hydrogens is 280 g/mol. The Kier molecular flexibility index (Phi) is 4.65. The molecule has 0 atom stereocenters. The number of rotatable bonds is 5. The number of aromatic nitrogens is 1. The highest BCUT2D eigenvalue weighted by Gasteiger charge is 2.23. The second kappa shape index (κ2) is 6.26. The Morgan fingerprint density at radius 1 is 1.25 bits per heavy atom. The van der Waals surface area contributed by atoms with Gasteiger partial charge in [-0.2, -0.15) is 0 Å². The molecule has 20 heavy (non-hydrogen) atoms. The van der Waals surface area contributed by atoms with Crippen molar-refractivity contribution in [2.45, 2.75) is 0 Å². The number of aryl methyl sites for hydroxylation is 1. The van der Waals surface area contributed by atoms with Crippen LogP contribution in [0.1, 0.15) is 10.5 Å². The first kappa shape index (κ1) is 14.8. The molecule has 1 heterocycles. The molecule has 2 aromatic rings. The quantitative estimate of drug-likeness (QED) is 0.873. The van der Waals surface area contributed by atoms with Crippen molar-refractivity contribution >= 4 is 28.4 Å². The Bertz CT molecular complexity index is 579. The van der Waals surface area contributed by atoms with Crippen molar-refractivity contribution in [3.05, 3.63) is 35.0 Å². The fourth-order valence-corrected chi connectivity index (χ4v) is 2.66. The van der Waals surface area contributed by atoms with Crippen LogP contribution in [-0.2, 0) is 7.05 Å². The minimum absolute atomic E-state index is 0.159. The molecule has 0 unspecified atom stereocenters. The zero-order valence-electron chi connectivity index (χ0n) is 11.2. The van der Waals surface area contributed by atoms with Crippen LogP contribution in [0.15, 0.2) is 24.3 Å². The first-order valence-electron chi connectivity index (χ1n) is 6.35. The van der Waals surface area contributed by atoms with E-state index in [4.69, 9.17) is 21.8 Å². The molecule has 0 fully saturated rings. The summed E-state index contributed by atoms with van der Waals surface area (Å²) < 4.78 is 1.74. The summed E-state index contributed by atoms with van der Waals surface area (Å²) in [5.41, 5.74) is 1.24. The number of carbonyl (C=O) groups excluding carboxylic acids is 1. The van der Waals surface area contributed by atoms with Gasteiger partial charge in [0, 0.05) is 31.0 Å². The lowest BCUT2D eigenvalue weighted by Gasteiger charge is -2.21. The van der Waals surface area contributed by atoms with Gasteiger partial charge in [-0.3, -0.25) is 4.79 Å². The van der Waals surface area contributed by atoms with Crippen molar-refractivity contribution < 1.29 is 15.0 Å². The lowest BCUT2D eigenvalue weighted by Crippen LogP contribution is -2.36. The molecule has 0 aliphatic heterocycles. The summed E-state index contributed by atoms with van der Waals surface area (Å²) in [4.78, 5) is 13.9. The Balaban J connectivity index is 2.48. The zero-order chi connectivity index (χ0) is 14.7. The maximum absolute atomic E-state index is 12.5. The minimum atomic E-state index is -0.295. The average molecular weight is 297 g/mol. The summed E-state index contributed by atoms with van der Waals surface area (Å²) in [5.74, 6) is -0.295. The van der Waals surface area contributed by atoms with E-state index in [2.05, 4.69) is 0 Å². The van der Waals surface area contributed by atoms with Gasteiger partial charge in [0.15, 0.2) is 0 Å². The van der Waals surface area contributed by atoms with E-state index in [1.165, 1.54) is 4.90 Å². The molecule has 0 bridgehead atoms. The first-order valence-corrected chi connectivity index (χ1v) is 6.73. The maximum atomic E-state index is 12.5. The lowest BCUT2D eigenvalue weighted by atomic mass is 10.2. The Labute approximate surface area is 122 Å². The van der Waals surface area contributed by atoms with Crippen LogP contribution in [0.4, 0.5) is 0 Å². The summed E-state index contributed by atoms with van der Waals surface area (Å²) in [7, 11) is 1.78. The molecule has 5 nitrogen and oxygen atoms in total. The van der Waals surface area contributed by atoms with Crippen molar-refractivity contribution in [1.82, 2.24) is 9.47 Å². The second-order valence-corrected chi connectivity index (χ2v) is 4.86. The van der Waals surface area contributed by atoms with Crippen LogP contribution in [0.2, 0.25) is 5.02 Å². The van der Waals surface area contributed by atoms with Gasteiger partial charge in [0.25, 0.3) is 5.91 Å². The number of carbonyl (C=O) groups is 1. The third kappa shape index (κ3) is 2.52. The number of benzene rings is 1. The molecule has 1 aromatic heterocycles. The van der Waals surface area contributed by atoms with Crippen LogP contribution in [0, 0.1) is 0 Å². The summed E-state index contributed by atoms with van der Waals surface area (Å²) in [5, 5.41) is 19.3. The van der Waals surface area contributed by atoms with Gasteiger partial charge in [-0.05, 0) is 6.07 Å². The standard InChI is InChI=1S/C14H17ClN2O3/c1-16-11-5-3-2-4-10(11)12(15)13(16)14(20)17(6-8-18)7-9-19/h2-5,18-19H,6-9H2,1H3. The van der Waals surface area contributed by atoms with E-state index in [1.54, 1.807) is 11.6 Å². The van der Waals surface area contributed by atoms with Gasteiger partial charge < -0.3 is 19.7 Å². The Morgan fingerprint density at radius 3 is 2.40 bits per heavy atom. The number of aliphatic hydroxyl groups is 2. The predicted octanol–water partition coefficient (Wildman–Crippen LogP) is 1.26. The normalized spacial score (nSPS) is 11.0. The number of fused-ring (bicyclic) bond motifs is 1. The number of aliphatic hydroxyl groups excluding tert-OH is 2. The third-order valence-electron chi connectivity index (χ3n) is 3.27. The molecule has 0 saturated carbocycles. The Morgan fingerprint density at radius 2 is 1.85 bits per heavy atom. The second-order valence-electron chi connectivity index (χ2n) is 4.48. The van der Waals surface area contributed by atoms with Crippen molar-refractivity contribution in [1.29, 1.82) is 0 Å². The third-order valence-corrected chi connectivity index (χ3v) is 3.66. The van der Waals surface area contributed by atoms with Crippen LogP contribution in [0.3, 0.4) is 0 Å². The van der Waals surface area contributed by atoms with Gasteiger partial charge in [-0.1, -0.05) is 29.8 Å². The van der Waals surface area contributed by atoms with Crippen molar-refractivity contribution in [2.75, 3.05) is 26.3 Å². The summed E-state index contributed by atoms with van der Waals surface area (Å²) in [6, 6.07) is 7.49. The van der Waals surface area contributed by atoms with E-state index >= 15 is 0 Å². The average Bonchev–Trinajstić information content (AvgIpc) is 2.71. The number of halogens is 1. The maximum Gasteiger partial charge on any atom is 0.272 e. The fourth-order valence-electron chi connectivity index (χ4n) is 2.29. The van der Waals surface area contributed by atoms with E-state index in [9.17, 15) is 4.79 Å². The van der Waals surface area contributed by atoms with Gasteiger partial charge in [-0.25, -0.2) is 0 Å². The van der Waals surface area contributed by atoms with Gasteiger partial charge >= 0.3 is 0 Å². The van der Waals surface area contributed by atoms with Crippen molar-refractivity contribution in [3.8, 4) is 0 Å². The van der Waals surface area contributed by atoms with Crippen LogP contribution in [0.5, 0.6) is 0 Å². The van der Waals surface area contributed by atoms with Gasteiger partial charge in [0.1, 0.15) is 5.69 Å². The van der Waals surface area contributed by atoms with Gasteiger partial charge in [0.2, 0.25) is 0 Å². The van der Waals surface area contributed by atoms with Gasteiger partial charge in [0.05, 0.1) is 18.2 Å². The summed E-state index contributed by atoms with van der Waals surface area (Å²) >= 11 is 6.31. The fraction of sp³-hybridized carbons (Fsp3) is 0.357. The minimum Gasteiger partial charge on any atom is -0.395 e. The molecule has 2 rings (SSSR count). The molecule has 0 spiro atoms. The first-order chi connectivity index (χ1) is 9.61. The highest BCUT2D eigenvalue weighted by Crippen LogP contribution is 2.30. The molecular formula is C14H17ClN2O3. The van der Waals surface area contributed by atoms with E-state index < -0.39 is 0 Å². The van der Waals surface area contributed by atoms with E-state index in [0.29, 0.717) is 10.7 Å². The number of amides is 1. The highest BCUT2D eigenvalue weighted by atomic mass is 35.5. The van der Waals surface area contributed by atoms with Crippen LogP contribution in [-0.4, -0.2) is 51.9 Å². The van der Waals surface area contributed by atoms with Gasteiger partial charge in [-0.15, -0.1) is 0 Å². The molecule has 0 aliphatic carbocycles. The molecule has 1 amide bonds. The largest absolute Gasteiger partial charge is 0.395 e. The lowest BCUT2D eigenvalue weighted by molar-refractivity contribution is 0.0676. The summed E-state index contributed by atoms with van der Waals surface area (Å²) in [6.07, 6.45) is 0. The molecule has 108 valence electrons. The zero-order valence-corrected chi connectivity index (χ0v) is 12.0. The molecule has 0 saturated heterocycles. The van der Waals surface area contributed by atoms with Crippen molar-refractivity contribution in [2.24, 2.45) is 7.05 Å². The SMILES string of the molecule is Cn1c(C(=O)N(CCO)CCO)c(Cl)c2ccccc21. The predicted molar refractivity (Wildman–Crippen MR) is 78.0 cm³/mol. The molecule has 2 N–H and O–H groups in total. The van der Waals surface area contributed by atoms with E-state index in [0.717, 1.165) is 10.9 Å². The monoisotopic (exact) mass is 296 g/mol. The number of nitrogens with zero attached hydrogens (tertiary/aromatic N) is 2. The molecule has 0 radical (unpaired) electrons. The molecule has 1 aromatic carbocycles. The topological polar surface area (TPSA) is 65.7 Å².